The molecule has 31 heavy (non-hydrogen) atoms. The van der Waals surface area contributed by atoms with E-state index in [1.54, 1.807) is 6.26 Å². The lowest BCUT2D eigenvalue weighted by Crippen LogP contribution is -2.37. The van der Waals surface area contributed by atoms with Crippen LogP contribution in [0.25, 0.3) is 0 Å². The van der Waals surface area contributed by atoms with E-state index in [2.05, 4.69) is 29.6 Å². The first-order valence-corrected chi connectivity index (χ1v) is 10.8. The summed E-state index contributed by atoms with van der Waals surface area (Å²) in [4.78, 5) is 7.19. The van der Waals surface area contributed by atoms with E-state index in [0.29, 0.717) is 19.3 Å². The van der Waals surface area contributed by atoms with Gasteiger partial charge < -0.3 is 29.4 Å². The molecular formula is C23H33IN4O3. The number of nitrogens with one attached hydrogen (secondary N) is 2. The van der Waals surface area contributed by atoms with Crippen LogP contribution in [0.1, 0.15) is 25.0 Å². The molecule has 2 aromatic rings. The van der Waals surface area contributed by atoms with Crippen LogP contribution in [-0.4, -0.2) is 57.3 Å². The first-order chi connectivity index (χ1) is 14.7. The number of fused-ring (bicyclic) bond motifs is 1. The summed E-state index contributed by atoms with van der Waals surface area (Å²) in [6, 6.07) is 10.3. The van der Waals surface area contributed by atoms with Gasteiger partial charge in [-0.1, -0.05) is 0 Å². The number of hydrogen-bond acceptors (Lipinski definition) is 5. The molecule has 170 valence electrons. The second-order valence-electron chi connectivity index (χ2n) is 8.15. The standard InChI is InChI=1S/C23H32N4O3.HI/c1-27(2)20(17-6-7-17)16-25-23(24-11-10-19-5-3-12-28-19)26-18-8-9-21-22(15-18)30-14-4-13-29-21;/h3,5,8-9,12,15,17,20H,4,6-7,10-11,13-14,16H2,1-2H3,(H2,24,25,26);1H. The molecule has 2 aliphatic rings. The Morgan fingerprint density at radius 3 is 2.68 bits per heavy atom. The maximum absolute atomic E-state index is 5.83. The third-order valence-electron chi connectivity index (χ3n) is 5.52. The number of nitrogens with zero attached hydrogens (tertiary/aromatic N) is 2. The number of furan rings is 1. The monoisotopic (exact) mass is 540 g/mol. The topological polar surface area (TPSA) is 71.3 Å². The van der Waals surface area contributed by atoms with Gasteiger partial charge >= 0.3 is 0 Å². The first-order valence-electron chi connectivity index (χ1n) is 10.8. The predicted octanol–water partition coefficient (Wildman–Crippen LogP) is 4.00. The highest BCUT2D eigenvalue weighted by molar-refractivity contribution is 14.0. The fourth-order valence-corrected chi connectivity index (χ4v) is 3.68. The summed E-state index contributed by atoms with van der Waals surface area (Å²) in [7, 11) is 4.28. The van der Waals surface area contributed by atoms with E-state index in [1.807, 2.05) is 30.3 Å². The third kappa shape index (κ3) is 7.03. The zero-order chi connectivity index (χ0) is 20.8. The van der Waals surface area contributed by atoms with Crippen LogP contribution in [0.2, 0.25) is 0 Å². The molecule has 0 bridgehead atoms. The van der Waals surface area contributed by atoms with Gasteiger partial charge in [0.25, 0.3) is 0 Å². The number of aliphatic imine (C=N–C) groups is 1. The Kier molecular flexibility index (Phi) is 8.89. The van der Waals surface area contributed by atoms with Crippen molar-refractivity contribution in [2.75, 3.05) is 45.7 Å². The van der Waals surface area contributed by atoms with Gasteiger partial charge in [0.15, 0.2) is 17.5 Å². The van der Waals surface area contributed by atoms with E-state index in [0.717, 1.165) is 60.8 Å². The number of anilines is 1. The lowest BCUT2D eigenvalue weighted by Gasteiger charge is -2.23. The number of guanidine groups is 1. The van der Waals surface area contributed by atoms with Crippen LogP contribution >= 0.6 is 24.0 Å². The molecule has 4 rings (SSSR count). The molecule has 0 spiro atoms. The Morgan fingerprint density at radius 1 is 1.16 bits per heavy atom. The van der Waals surface area contributed by atoms with Gasteiger partial charge in [0.2, 0.25) is 0 Å². The summed E-state index contributed by atoms with van der Waals surface area (Å²) in [5.41, 5.74) is 0.927. The molecule has 8 heteroatoms. The quantitative estimate of drug-likeness (QED) is 0.300. The second-order valence-corrected chi connectivity index (χ2v) is 8.15. The number of halogens is 1. The lowest BCUT2D eigenvalue weighted by molar-refractivity contribution is 0.271. The molecule has 2 N–H and O–H groups in total. The third-order valence-corrected chi connectivity index (χ3v) is 5.52. The molecule has 1 aliphatic heterocycles. The molecule has 1 aromatic carbocycles. The Labute approximate surface area is 201 Å². The molecule has 0 amide bonds. The number of ether oxygens (including phenoxy) is 2. The molecule has 1 unspecified atom stereocenters. The van der Waals surface area contributed by atoms with Gasteiger partial charge in [-0.25, -0.2) is 0 Å². The minimum absolute atomic E-state index is 0. The summed E-state index contributed by atoms with van der Waals surface area (Å²) in [5.74, 6) is 4.05. The summed E-state index contributed by atoms with van der Waals surface area (Å²) < 4.78 is 17.0. The Morgan fingerprint density at radius 2 is 1.97 bits per heavy atom. The number of hydrogen-bond donors (Lipinski definition) is 2. The molecule has 1 saturated carbocycles. The van der Waals surface area contributed by atoms with Gasteiger partial charge in [-0.2, -0.15) is 0 Å². The molecule has 1 fully saturated rings. The highest BCUT2D eigenvalue weighted by Crippen LogP contribution is 2.35. The summed E-state index contributed by atoms with van der Waals surface area (Å²) >= 11 is 0. The van der Waals surface area contributed by atoms with E-state index in [1.165, 1.54) is 12.8 Å². The van der Waals surface area contributed by atoms with E-state index >= 15 is 0 Å². The van der Waals surface area contributed by atoms with Crippen molar-refractivity contribution in [2.24, 2.45) is 10.9 Å². The average Bonchev–Trinajstić information content (AvgIpc) is 3.48. The Hall–Kier alpha value is -1.94. The van der Waals surface area contributed by atoms with Gasteiger partial charge in [-0.05, 0) is 57.1 Å². The number of rotatable bonds is 8. The molecule has 1 atom stereocenters. The Bertz CT molecular complexity index is 835. The second kappa shape index (κ2) is 11.6. The maximum Gasteiger partial charge on any atom is 0.195 e. The SMILES string of the molecule is CN(C)C(CN=C(NCCc1ccco1)Nc1ccc2c(c1)OCCCO2)C1CC1.I. The molecule has 1 aromatic heterocycles. The van der Waals surface area contributed by atoms with Crippen LogP contribution in [0.5, 0.6) is 11.5 Å². The lowest BCUT2D eigenvalue weighted by atomic mass is 10.2. The van der Waals surface area contributed by atoms with Crippen molar-refractivity contribution in [3.8, 4) is 11.5 Å². The fourth-order valence-electron chi connectivity index (χ4n) is 3.68. The van der Waals surface area contributed by atoms with Crippen LogP contribution in [0.4, 0.5) is 5.69 Å². The van der Waals surface area contributed by atoms with E-state index < -0.39 is 0 Å². The number of likely N-dealkylation sites (N-methyl/N-ethyl adjacent to an activating group) is 1. The van der Waals surface area contributed by atoms with E-state index in [9.17, 15) is 0 Å². The van der Waals surface area contributed by atoms with Crippen LogP contribution in [0.15, 0.2) is 46.0 Å². The highest BCUT2D eigenvalue weighted by atomic mass is 127. The zero-order valence-corrected chi connectivity index (χ0v) is 20.6. The summed E-state index contributed by atoms with van der Waals surface area (Å²) in [6.07, 6.45) is 6.00. The van der Waals surface area contributed by atoms with E-state index in [4.69, 9.17) is 18.9 Å². The highest BCUT2D eigenvalue weighted by Gasteiger charge is 2.32. The largest absolute Gasteiger partial charge is 0.490 e. The number of benzene rings is 1. The average molecular weight is 540 g/mol. The zero-order valence-electron chi connectivity index (χ0n) is 18.3. The van der Waals surface area contributed by atoms with Gasteiger partial charge in [0, 0.05) is 37.2 Å². The van der Waals surface area contributed by atoms with Crippen LogP contribution in [0, 0.1) is 5.92 Å². The molecule has 2 heterocycles. The normalized spacial score (nSPS) is 16.9. The molecule has 7 nitrogen and oxygen atoms in total. The molecule has 1 aliphatic carbocycles. The first kappa shape index (κ1) is 23.7. The van der Waals surface area contributed by atoms with Crippen molar-refractivity contribution in [1.29, 1.82) is 0 Å². The van der Waals surface area contributed by atoms with Crippen LogP contribution in [0.3, 0.4) is 0 Å². The van der Waals surface area contributed by atoms with Crippen molar-refractivity contribution in [3.05, 3.63) is 42.4 Å². The molecule has 0 radical (unpaired) electrons. The summed E-state index contributed by atoms with van der Waals surface area (Å²) in [5, 5.41) is 6.88. The van der Waals surface area contributed by atoms with Gasteiger partial charge in [0.1, 0.15) is 5.76 Å². The van der Waals surface area contributed by atoms with Gasteiger partial charge in [0.05, 0.1) is 26.0 Å². The minimum Gasteiger partial charge on any atom is -0.490 e. The van der Waals surface area contributed by atoms with Crippen LogP contribution in [-0.2, 0) is 6.42 Å². The van der Waals surface area contributed by atoms with Crippen LogP contribution < -0.4 is 20.1 Å². The van der Waals surface area contributed by atoms with E-state index in [-0.39, 0.29) is 24.0 Å². The van der Waals surface area contributed by atoms with Crippen molar-refractivity contribution >= 4 is 35.6 Å². The van der Waals surface area contributed by atoms with Gasteiger partial charge in [-0.3, -0.25) is 4.99 Å². The van der Waals surface area contributed by atoms with Crippen molar-refractivity contribution in [3.63, 3.8) is 0 Å². The van der Waals surface area contributed by atoms with Gasteiger partial charge in [-0.15, -0.1) is 24.0 Å². The Balaban J connectivity index is 0.00000272. The molecule has 0 saturated heterocycles. The smallest absolute Gasteiger partial charge is 0.195 e. The minimum atomic E-state index is 0. The van der Waals surface area contributed by atoms with Crippen molar-refractivity contribution < 1.29 is 13.9 Å². The maximum atomic E-state index is 5.83. The van der Waals surface area contributed by atoms with Crippen molar-refractivity contribution in [1.82, 2.24) is 10.2 Å². The summed E-state index contributed by atoms with van der Waals surface area (Å²) in [6.45, 7) is 2.86. The van der Waals surface area contributed by atoms with Crippen molar-refractivity contribution in [2.45, 2.75) is 31.7 Å². The molecular weight excluding hydrogens is 507 g/mol. The fraction of sp³-hybridized carbons (Fsp3) is 0.522. The predicted molar refractivity (Wildman–Crippen MR) is 134 cm³/mol.